The average Bonchev–Trinajstić information content (AvgIpc) is 2.28. The van der Waals surface area contributed by atoms with E-state index in [0.717, 1.165) is 17.9 Å². The van der Waals surface area contributed by atoms with Crippen LogP contribution in [0.25, 0.3) is 0 Å². The molecule has 0 aromatic carbocycles. The average molecular weight is 277 g/mol. The molecule has 0 radical (unpaired) electrons. The second-order valence-corrected chi connectivity index (χ2v) is 5.18. The quantitative estimate of drug-likeness (QED) is 0.772. The van der Waals surface area contributed by atoms with Gasteiger partial charge < -0.3 is 10.1 Å². The van der Waals surface area contributed by atoms with Crippen molar-refractivity contribution < 1.29 is 4.74 Å². The molecule has 0 fully saturated rings. The van der Waals surface area contributed by atoms with Crippen molar-refractivity contribution in [3.63, 3.8) is 0 Å². The van der Waals surface area contributed by atoms with Crippen LogP contribution in [0.2, 0.25) is 5.28 Å². The number of hydrogen-bond donors (Lipinski definition) is 1. The van der Waals surface area contributed by atoms with Crippen molar-refractivity contribution in [1.82, 2.24) is 15.0 Å². The number of thioether (sulfide) groups is 1. The number of aromatic nitrogens is 3. The monoisotopic (exact) mass is 276 g/mol. The summed E-state index contributed by atoms with van der Waals surface area (Å²) >= 11 is 7.67. The van der Waals surface area contributed by atoms with E-state index >= 15 is 0 Å². The SMILES string of the molecule is CCSCCC(C)Nc1nc(Cl)nc(OC)n1. The highest BCUT2D eigenvalue weighted by Crippen LogP contribution is 2.13. The number of anilines is 1. The zero-order valence-electron chi connectivity index (χ0n) is 10.2. The van der Waals surface area contributed by atoms with Crippen molar-refractivity contribution in [2.45, 2.75) is 26.3 Å². The van der Waals surface area contributed by atoms with Crippen molar-refractivity contribution >= 4 is 29.3 Å². The smallest absolute Gasteiger partial charge is 0.322 e. The summed E-state index contributed by atoms with van der Waals surface area (Å²) in [5.41, 5.74) is 0. The van der Waals surface area contributed by atoms with Crippen LogP contribution in [0.4, 0.5) is 5.95 Å². The molecule has 0 saturated heterocycles. The van der Waals surface area contributed by atoms with Gasteiger partial charge in [0.1, 0.15) is 0 Å². The number of rotatable bonds is 7. The Hall–Kier alpha value is -0.750. The third-order valence-corrected chi connectivity index (χ3v) is 3.15. The van der Waals surface area contributed by atoms with Gasteiger partial charge in [-0.2, -0.15) is 26.7 Å². The molecule has 1 rings (SSSR count). The van der Waals surface area contributed by atoms with Crippen LogP contribution in [0.15, 0.2) is 0 Å². The first-order valence-corrected chi connectivity index (χ1v) is 6.98. The van der Waals surface area contributed by atoms with Crippen LogP contribution in [-0.2, 0) is 0 Å². The first-order valence-electron chi connectivity index (χ1n) is 5.45. The van der Waals surface area contributed by atoms with Crippen LogP contribution in [0.3, 0.4) is 0 Å². The second kappa shape index (κ2) is 7.55. The number of nitrogens with one attached hydrogen (secondary N) is 1. The number of hydrogen-bond acceptors (Lipinski definition) is 6. The number of halogens is 1. The van der Waals surface area contributed by atoms with E-state index in [0.29, 0.717) is 5.95 Å². The van der Waals surface area contributed by atoms with Crippen molar-refractivity contribution in [3.8, 4) is 6.01 Å². The maximum Gasteiger partial charge on any atom is 0.322 e. The van der Waals surface area contributed by atoms with Gasteiger partial charge in [0.25, 0.3) is 0 Å². The minimum atomic E-state index is 0.134. The van der Waals surface area contributed by atoms with Gasteiger partial charge in [0.05, 0.1) is 7.11 Å². The van der Waals surface area contributed by atoms with E-state index in [2.05, 4.69) is 34.1 Å². The molecule has 0 aliphatic rings. The Morgan fingerprint density at radius 3 is 2.82 bits per heavy atom. The van der Waals surface area contributed by atoms with E-state index < -0.39 is 0 Å². The van der Waals surface area contributed by atoms with Gasteiger partial charge in [0, 0.05) is 6.04 Å². The van der Waals surface area contributed by atoms with Crippen LogP contribution in [-0.4, -0.2) is 39.6 Å². The fraction of sp³-hybridized carbons (Fsp3) is 0.700. The number of ether oxygens (including phenoxy) is 1. The zero-order valence-corrected chi connectivity index (χ0v) is 11.8. The summed E-state index contributed by atoms with van der Waals surface area (Å²) in [7, 11) is 1.50. The zero-order chi connectivity index (χ0) is 12.7. The highest BCUT2D eigenvalue weighted by molar-refractivity contribution is 7.99. The lowest BCUT2D eigenvalue weighted by molar-refractivity contribution is 0.378. The molecular formula is C10H17ClN4OS. The molecule has 1 aromatic rings. The lowest BCUT2D eigenvalue weighted by Gasteiger charge is -2.13. The fourth-order valence-electron chi connectivity index (χ4n) is 1.18. The van der Waals surface area contributed by atoms with E-state index in [-0.39, 0.29) is 17.3 Å². The standard InChI is InChI=1S/C10H17ClN4OS/c1-4-17-6-5-7(2)12-9-13-8(11)14-10(15-9)16-3/h7H,4-6H2,1-3H3,(H,12,13,14,15). The molecule has 0 spiro atoms. The van der Waals surface area contributed by atoms with Crippen LogP contribution in [0.5, 0.6) is 6.01 Å². The van der Waals surface area contributed by atoms with Gasteiger partial charge in [0.15, 0.2) is 0 Å². The van der Waals surface area contributed by atoms with Crippen LogP contribution >= 0.6 is 23.4 Å². The summed E-state index contributed by atoms with van der Waals surface area (Å²) in [5.74, 6) is 2.70. The number of methoxy groups -OCH3 is 1. The van der Waals surface area contributed by atoms with Crippen molar-refractivity contribution in [1.29, 1.82) is 0 Å². The molecule has 7 heteroatoms. The van der Waals surface area contributed by atoms with Gasteiger partial charge in [-0.1, -0.05) is 6.92 Å². The minimum absolute atomic E-state index is 0.134. The molecule has 1 aromatic heterocycles. The van der Waals surface area contributed by atoms with Crippen molar-refractivity contribution in [3.05, 3.63) is 5.28 Å². The van der Waals surface area contributed by atoms with Gasteiger partial charge in [-0.3, -0.25) is 0 Å². The van der Waals surface area contributed by atoms with Crippen LogP contribution < -0.4 is 10.1 Å². The van der Waals surface area contributed by atoms with Crippen molar-refractivity contribution in [2.24, 2.45) is 0 Å². The maximum absolute atomic E-state index is 5.75. The summed E-state index contributed by atoms with van der Waals surface area (Å²) in [6.45, 7) is 4.24. The molecule has 96 valence electrons. The molecular weight excluding hydrogens is 260 g/mol. The summed E-state index contributed by atoms with van der Waals surface area (Å²) in [5, 5.41) is 3.31. The molecule has 1 N–H and O–H groups in total. The fourth-order valence-corrected chi connectivity index (χ4v) is 2.15. The summed E-state index contributed by atoms with van der Waals surface area (Å²) in [6, 6.07) is 0.514. The highest BCUT2D eigenvalue weighted by Gasteiger charge is 2.08. The Kier molecular flexibility index (Phi) is 6.36. The molecule has 17 heavy (non-hydrogen) atoms. The Labute approximate surface area is 111 Å². The molecule has 1 atom stereocenters. The van der Waals surface area contributed by atoms with Gasteiger partial charge in [-0.05, 0) is 36.5 Å². The molecule has 0 aliphatic heterocycles. The summed E-state index contributed by atoms with van der Waals surface area (Å²) in [4.78, 5) is 11.9. The van der Waals surface area contributed by atoms with E-state index in [9.17, 15) is 0 Å². The minimum Gasteiger partial charge on any atom is -0.467 e. The summed E-state index contributed by atoms with van der Waals surface area (Å²) < 4.78 is 4.93. The van der Waals surface area contributed by atoms with E-state index in [1.165, 1.54) is 7.11 Å². The van der Waals surface area contributed by atoms with Gasteiger partial charge in [0.2, 0.25) is 11.2 Å². The van der Waals surface area contributed by atoms with E-state index in [4.69, 9.17) is 16.3 Å². The molecule has 5 nitrogen and oxygen atoms in total. The predicted octanol–water partition coefficient (Wildman–Crippen LogP) is 2.48. The third-order valence-electron chi connectivity index (χ3n) is 2.05. The predicted molar refractivity (Wildman–Crippen MR) is 72.1 cm³/mol. The number of nitrogens with zero attached hydrogens (tertiary/aromatic N) is 3. The van der Waals surface area contributed by atoms with Gasteiger partial charge >= 0.3 is 6.01 Å². The van der Waals surface area contributed by atoms with Gasteiger partial charge in [-0.25, -0.2) is 0 Å². The molecule has 1 heterocycles. The highest BCUT2D eigenvalue weighted by atomic mass is 35.5. The van der Waals surface area contributed by atoms with E-state index in [1.54, 1.807) is 0 Å². The lowest BCUT2D eigenvalue weighted by Crippen LogP contribution is -2.18. The second-order valence-electron chi connectivity index (χ2n) is 3.45. The first kappa shape index (κ1) is 14.3. The lowest BCUT2D eigenvalue weighted by atomic mass is 10.3. The Bertz CT molecular complexity index is 353. The van der Waals surface area contributed by atoms with Crippen molar-refractivity contribution in [2.75, 3.05) is 23.9 Å². The Morgan fingerprint density at radius 1 is 1.41 bits per heavy atom. The summed E-state index contributed by atoms with van der Waals surface area (Å²) in [6.07, 6.45) is 1.05. The Morgan fingerprint density at radius 2 is 2.18 bits per heavy atom. The molecule has 0 bridgehead atoms. The largest absolute Gasteiger partial charge is 0.467 e. The normalized spacial score (nSPS) is 12.2. The molecule has 0 amide bonds. The molecule has 0 aliphatic carbocycles. The van der Waals surface area contributed by atoms with Crippen LogP contribution in [0.1, 0.15) is 20.3 Å². The van der Waals surface area contributed by atoms with E-state index in [1.807, 2.05) is 11.8 Å². The molecule has 0 saturated carbocycles. The molecule has 1 unspecified atom stereocenters. The Balaban J connectivity index is 2.52. The first-order chi connectivity index (χ1) is 8.15. The topological polar surface area (TPSA) is 59.9 Å². The third kappa shape index (κ3) is 5.41. The maximum atomic E-state index is 5.75. The van der Waals surface area contributed by atoms with Crippen LogP contribution in [0, 0.1) is 0 Å². The van der Waals surface area contributed by atoms with Gasteiger partial charge in [-0.15, -0.1) is 0 Å².